The molecule has 1 aliphatic heterocycles. The normalized spacial score (nSPS) is 33.3. The van der Waals surface area contributed by atoms with Crippen LogP contribution in [-0.4, -0.2) is 98.7 Å². The zero-order valence-electron chi connectivity index (χ0n) is 33.2. The molecule has 308 valence electrons. The van der Waals surface area contributed by atoms with Gasteiger partial charge in [-0.05, 0) is 54.3 Å². The molecular weight excluding hydrogens is 746 g/mol. The molecule has 58 heavy (non-hydrogen) atoms. The summed E-state index contributed by atoms with van der Waals surface area (Å²) in [6, 6.07) is 23.7. The number of amides is 1. The van der Waals surface area contributed by atoms with Crippen molar-refractivity contribution in [2.75, 3.05) is 6.61 Å². The van der Waals surface area contributed by atoms with E-state index >= 15 is 0 Å². The van der Waals surface area contributed by atoms with Crippen molar-refractivity contribution in [3.8, 4) is 0 Å². The summed E-state index contributed by atoms with van der Waals surface area (Å²) in [6.07, 6.45) is -8.34. The highest BCUT2D eigenvalue weighted by molar-refractivity contribution is 5.95. The summed E-state index contributed by atoms with van der Waals surface area (Å²) < 4.78 is 24.3. The third-order valence-electron chi connectivity index (χ3n) is 13.3. The van der Waals surface area contributed by atoms with Crippen molar-refractivity contribution in [3.05, 3.63) is 119 Å². The average molecular weight is 798 g/mol. The molecule has 11 unspecified atom stereocenters. The lowest BCUT2D eigenvalue weighted by molar-refractivity contribution is -0.352. The largest absolute Gasteiger partial charge is 0.458 e. The molecule has 13 nitrogen and oxygen atoms in total. The van der Waals surface area contributed by atoms with Crippen LogP contribution in [0.2, 0.25) is 0 Å². The molecule has 0 spiro atoms. The van der Waals surface area contributed by atoms with Gasteiger partial charge < -0.3 is 44.7 Å². The molecule has 2 bridgehead atoms. The zero-order chi connectivity index (χ0) is 41.8. The lowest BCUT2D eigenvalue weighted by Crippen LogP contribution is -2.79. The number of esters is 3. The second kappa shape index (κ2) is 15.4. The molecule has 3 aromatic carbocycles. The highest BCUT2D eigenvalue weighted by Gasteiger charge is 2.74. The smallest absolute Gasteiger partial charge is 0.338 e. The van der Waals surface area contributed by atoms with Gasteiger partial charge in [-0.15, -0.1) is 0 Å². The maximum Gasteiger partial charge on any atom is 0.338 e. The van der Waals surface area contributed by atoms with Crippen molar-refractivity contribution in [1.29, 1.82) is 0 Å². The first-order chi connectivity index (χ1) is 27.4. The topological polar surface area (TPSA) is 198 Å². The number of hydrogen-bond donors (Lipinski definition) is 5. The van der Waals surface area contributed by atoms with Gasteiger partial charge in [-0.3, -0.25) is 9.59 Å². The van der Waals surface area contributed by atoms with E-state index in [4.69, 9.17) is 18.9 Å². The Morgan fingerprint density at radius 2 is 1.40 bits per heavy atom. The first-order valence-corrected chi connectivity index (χ1v) is 19.6. The van der Waals surface area contributed by atoms with Gasteiger partial charge in [0.15, 0.2) is 6.10 Å². The van der Waals surface area contributed by atoms with Gasteiger partial charge in [0.25, 0.3) is 5.91 Å². The standard InChI is InChI=1S/C45H51NO12/c1-25-30(57-41(52)36(49)35(27-15-9-6-10-16-27)46-39(50)28-17-11-7-12-18-28)23-45(54)38(58-40(51)29-19-13-8-14-20-29)37-43(5,32(48)21-33-44(37,53)24-55-33)22-31(56-26(2)47)34(25)42(45,3)4/h6-20,30-33,35-38,48-49,53-54H,21-24H2,1-5H3,(H,46,50). The van der Waals surface area contributed by atoms with E-state index < -0.39 is 101 Å². The van der Waals surface area contributed by atoms with E-state index in [1.165, 1.54) is 6.92 Å². The summed E-state index contributed by atoms with van der Waals surface area (Å²) in [5.74, 6) is -4.31. The molecule has 0 radical (unpaired) electrons. The van der Waals surface area contributed by atoms with Crippen LogP contribution in [0, 0.1) is 16.7 Å². The summed E-state index contributed by atoms with van der Waals surface area (Å²) in [6.45, 7) is 7.89. The zero-order valence-corrected chi connectivity index (χ0v) is 33.2. The number of hydrogen-bond acceptors (Lipinski definition) is 12. The van der Waals surface area contributed by atoms with E-state index in [1.54, 1.807) is 119 Å². The fourth-order valence-electron chi connectivity index (χ4n) is 10.1. The SMILES string of the molecule is CC(=O)OC1CC2(C)C(O)CC3OCC3(O)C2C(OC(=O)c2ccccc2)C2(O)CC(OC(=O)C(O)C(NC(=O)c3ccccc3)c3ccccc3)C(C)=C1C2(C)C. The molecule has 0 aromatic heterocycles. The lowest BCUT2D eigenvalue weighted by atomic mass is 9.45. The van der Waals surface area contributed by atoms with Gasteiger partial charge in [0.05, 0.1) is 30.4 Å². The van der Waals surface area contributed by atoms with Crippen molar-refractivity contribution in [2.24, 2.45) is 16.7 Å². The highest BCUT2D eigenvalue weighted by Crippen LogP contribution is 2.64. The first-order valence-electron chi connectivity index (χ1n) is 19.6. The molecule has 1 amide bonds. The Morgan fingerprint density at radius 1 is 0.810 bits per heavy atom. The lowest BCUT2D eigenvalue weighted by Gasteiger charge is -2.67. The van der Waals surface area contributed by atoms with Gasteiger partial charge in [-0.1, -0.05) is 87.5 Å². The molecule has 7 rings (SSSR count). The second-order valence-electron chi connectivity index (χ2n) is 17.0. The molecule has 11 atom stereocenters. The summed E-state index contributed by atoms with van der Waals surface area (Å²) in [7, 11) is 0. The number of nitrogens with one attached hydrogen (secondary N) is 1. The number of rotatable bonds is 9. The molecule has 13 heteroatoms. The maximum atomic E-state index is 14.2. The van der Waals surface area contributed by atoms with Crippen LogP contribution in [-0.2, 0) is 28.5 Å². The van der Waals surface area contributed by atoms with Crippen LogP contribution in [0.5, 0.6) is 0 Å². The molecule has 3 aromatic rings. The first kappa shape index (κ1) is 41.2. The quantitative estimate of drug-likeness (QED) is 0.119. The van der Waals surface area contributed by atoms with Crippen LogP contribution in [0.3, 0.4) is 0 Å². The summed E-state index contributed by atoms with van der Waals surface area (Å²) in [4.78, 5) is 54.5. The monoisotopic (exact) mass is 797 g/mol. The fourth-order valence-corrected chi connectivity index (χ4v) is 10.1. The number of aliphatic hydroxyl groups is 4. The molecular formula is C45H51NO12. The summed E-state index contributed by atoms with van der Waals surface area (Å²) in [5, 5.41) is 52.4. The molecule has 4 aliphatic rings. The van der Waals surface area contributed by atoms with Crippen molar-refractivity contribution < 1.29 is 58.6 Å². The summed E-state index contributed by atoms with van der Waals surface area (Å²) in [5.41, 5.74) is -4.92. The van der Waals surface area contributed by atoms with E-state index in [0.29, 0.717) is 22.3 Å². The fraction of sp³-hybridized carbons (Fsp3) is 0.467. The number of ether oxygens (including phenoxy) is 4. The Hall–Kier alpha value is -4.92. The molecule has 1 saturated heterocycles. The van der Waals surface area contributed by atoms with Crippen molar-refractivity contribution in [3.63, 3.8) is 0 Å². The molecule has 3 fully saturated rings. The summed E-state index contributed by atoms with van der Waals surface area (Å²) >= 11 is 0. The molecule has 3 aliphatic carbocycles. The number of aliphatic hydroxyl groups excluding tert-OH is 2. The Balaban J connectivity index is 1.33. The third kappa shape index (κ3) is 6.92. The van der Waals surface area contributed by atoms with Gasteiger partial charge in [0, 0.05) is 42.1 Å². The van der Waals surface area contributed by atoms with Crippen LogP contribution in [0.4, 0.5) is 0 Å². The molecule has 5 N–H and O–H groups in total. The minimum absolute atomic E-state index is 0.0387. The Bertz CT molecular complexity index is 2070. The minimum atomic E-state index is -2.18. The third-order valence-corrected chi connectivity index (χ3v) is 13.3. The highest BCUT2D eigenvalue weighted by atomic mass is 16.6. The van der Waals surface area contributed by atoms with E-state index in [-0.39, 0.29) is 25.0 Å². The van der Waals surface area contributed by atoms with E-state index in [9.17, 15) is 39.6 Å². The minimum Gasteiger partial charge on any atom is -0.458 e. The molecule has 2 saturated carbocycles. The van der Waals surface area contributed by atoms with Gasteiger partial charge in [-0.25, -0.2) is 9.59 Å². The van der Waals surface area contributed by atoms with E-state index in [2.05, 4.69) is 5.32 Å². The number of carbonyl (C=O) groups excluding carboxylic acids is 4. The van der Waals surface area contributed by atoms with Gasteiger partial charge >= 0.3 is 17.9 Å². The maximum absolute atomic E-state index is 14.2. The van der Waals surface area contributed by atoms with Gasteiger partial charge in [0.2, 0.25) is 0 Å². The van der Waals surface area contributed by atoms with Crippen LogP contribution in [0.15, 0.2) is 102 Å². The number of fused-ring (bicyclic) bond motifs is 5. The predicted octanol–water partition coefficient (Wildman–Crippen LogP) is 3.99. The average Bonchev–Trinajstić information content (AvgIpc) is 3.19. The van der Waals surface area contributed by atoms with Crippen LogP contribution in [0.25, 0.3) is 0 Å². The molecule has 1 heterocycles. The van der Waals surface area contributed by atoms with Crippen molar-refractivity contribution in [1.82, 2.24) is 5.32 Å². The van der Waals surface area contributed by atoms with Gasteiger partial charge in [0.1, 0.15) is 29.5 Å². The second-order valence-corrected chi connectivity index (χ2v) is 17.0. The predicted molar refractivity (Wildman–Crippen MR) is 208 cm³/mol. The van der Waals surface area contributed by atoms with Crippen LogP contribution < -0.4 is 5.32 Å². The van der Waals surface area contributed by atoms with Crippen molar-refractivity contribution in [2.45, 2.75) is 108 Å². The Labute approximate surface area is 337 Å². The van der Waals surface area contributed by atoms with Crippen LogP contribution in [0.1, 0.15) is 86.2 Å². The van der Waals surface area contributed by atoms with Crippen molar-refractivity contribution >= 4 is 23.8 Å². The van der Waals surface area contributed by atoms with Gasteiger partial charge in [-0.2, -0.15) is 0 Å². The number of benzene rings is 3. The van der Waals surface area contributed by atoms with E-state index in [0.717, 1.165) is 0 Å². The van der Waals surface area contributed by atoms with E-state index in [1.807, 2.05) is 0 Å². The van der Waals surface area contributed by atoms with Crippen LogP contribution >= 0.6 is 0 Å². The number of carbonyl (C=O) groups is 4. The Kier molecular flexibility index (Phi) is 10.9. The Morgan fingerprint density at radius 3 is 1.97 bits per heavy atom.